The molecule has 0 spiro atoms. The van der Waals surface area contributed by atoms with E-state index in [-0.39, 0.29) is 6.61 Å². The number of H-pyrrole nitrogens is 1. The van der Waals surface area contributed by atoms with Gasteiger partial charge < -0.3 is 9.72 Å². The van der Waals surface area contributed by atoms with E-state index in [1.807, 2.05) is 32.0 Å². The summed E-state index contributed by atoms with van der Waals surface area (Å²) >= 11 is 0. The summed E-state index contributed by atoms with van der Waals surface area (Å²) in [5.74, 6) is -1.44. The van der Waals surface area contributed by atoms with Crippen LogP contribution in [0.5, 0.6) is 0 Å². The van der Waals surface area contributed by atoms with Crippen molar-refractivity contribution in [2.45, 2.75) is 20.8 Å². The number of hydrogen-bond donors (Lipinski definition) is 1. The minimum absolute atomic E-state index is 0.197. The van der Waals surface area contributed by atoms with Crippen LogP contribution in [0.15, 0.2) is 18.2 Å². The largest absolute Gasteiger partial charge is 0.460 e. The van der Waals surface area contributed by atoms with Crippen LogP contribution in [0.2, 0.25) is 0 Å². The monoisotopic (exact) mass is 245 g/mol. The highest BCUT2D eigenvalue weighted by molar-refractivity contribution is 6.41. The fourth-order valence-electron chi connectivity index (χ4n) is 2.15. The van der Waals surface area contributed by atoms with Gasteiger partial charge in [-0.05, 0) is 38.0 Å². The highest BCUT2D eigenvalue weighted by Crippen LogP contribution is 2.25. The number of nitrogens with one attached hydrogen (secondary N) is 1. The van der Waals surface area contributed by atoms with Gasteiger partial charge in [-0.2, -0.15) is 0 Å². The second-order valence-corrected chi connectivity index (χ2v) is 4.17. The molecule has 0 fully saturated rings. The lowest BCUT2D eigenvalue weighted by atomic mass is 10.1. The van der Waals surface area contributed by atoms with Gasteiger partial charge in [0.15, 0.2) is 0 Å². The molecule has 4 heteroatoms. The van der Waals surface area contributed by atoms with Gasteiger partial charge in [0.25, 0.3) is 5.78 Å². The fourth-order valence-corrected chi connectivity index (χ4v) is 2.15. The van der Waals surface area contributed by atoms with Crippen LogP contribution in [0.4, 0.5) is 0 Å². The number of rotatable bonds is 3. The summed E-state index contributed by atoms with van der Waals surface area (Å²) in [6.45, 7) is 5.68. The molecule has 1 aromatic carbocycles. The van der Waals surface area contributed by atoms with Crippen molar-refractivity contribution in [2.24, 2.45) is 0 Å². The highest BCUT2D eigenvalue weighted by Gasteiger charge is 2.23. The molecule has 0 saturated heterocycles. The number of esters is 1. The molecule has 0 atom stereocenters. The number of aryl methyl sites for hydroxylation is 2. The molecule has 18 heavy (non-hydrogen) atoms. The Labute approximate surface area is 105 Å². The van der Waals surface area contributed by atoms with Gasteiger partial charge in [0, 0.05) is 10.9 Å². The molecule has 0 aliphatic carbocycles. The normalized spacial score (nSPS) is 10.6. The Balaban J connectivity index is 2.53. The molecule has 0 saturated carbocycles. The van der Waals surface area contributed by atoms with Crippen LogP contribution < -0.4 is 0 Å². The number of fused-ring (bicyclic) bond motifs is 1. The number of carbonyl (C=O) groups excluding carboxylic acids is 2. The minimum Gasteiger partial charge on any atom is -0.460 e. The Hall–Kier alpha value is -2.10. The van der Waals surface area contributed by atoms with E-state index in [0.717, 1.165) is 22.0 Å². The van der Waals surface area contributed by atoms with Crippen LogP contribution in [0.1, 0.15) is 28.5 Å². The summed E-state index contributed by atoms with van der Waals surface area (Å²) in [4.78, 5) is 26.4. The standard InChI is InChI=1S/C14H15NO3/c1-4-18-14(17)13(16)12-9(3)11-8(2)6-5-7-10(11)15-12/h5-7,15H,4H2,1-3H3. The van der Waals surface area contributed by atoms with Gasteiger partial charge in [0.2, 0.25) is 0 Å². The van der Waals surface area contributed by atoms with E-state index < -0.39 is 11.8 Å². The van der Waals surface area contributed by atoms with Crippen LogP contribution in [-0.2, 0) is 9.53 Å². The third-order valence-electron chi connectivity index (χ3n) is 2.97. The zero-order valence-electron chi connectivity index (χ0n) is 10.7. The summed E-state index contributed by atoms with van der Waals surface area (Å²) in [6, 6.07) is 5.77. The molecule has 1 N–H and O–H groups in total. The number of carbonyl (C=O) groups is 2. The van der Waals surface area contributed by atoms with Crippen molar-refractivity contribution < 1.29 is 14.3 Å². The summed E-state index contributed by atoms with van der Waals surface area (Å²) in [5, 5.41) is 0.991. The van der Waals surface area contributed by atoms with Crippen molar-refractivity contribution in [2.75, 3.05) is 6.61 Å². The van der Waals surface area contributed by atoms with Gasteiger partial charge in [-0.3, -0.25) is 4.79 Å². The lowest BCUT2D eigenvalue weighted by molar-refractivity contribution is -0.137. The quantitative estimate of drug-likeness (QED) is 0.513. The summed E-state index contributed by atoms with van der Waals surface area (Å²) in [5.41, 5.74) is 3.04. The second-order valence-electron chi connectivity index (χ2n) is 4.17. The van der Waals surface area contributed by atoms with Crippen molar-refractivity contribution in [3.63, 3.8) is 0 Å². The third-order valence-corrected chi connectivity index (χ3v) is 2.97. The van der Waals surface area contributed by atoms with Gasteiger partial charge in [0.05, 0.1) is 12.3 Å². The maximum atomic E-state index is 11.9. The predicted molar refractivity (Wildman–Crippen MR) is 68.7 cm³/mol. The average Bonchev–Trinajstić information content (AvgIpc) is 2.67. The van der Waals surface area contributed by atoms with Crippen molar-refractivity contribution >= 4 is 22.7 Å². The Morgan fingerprint density at radius 3 is 2.61 bits per heavy atom. The van der Waals surface area contributed by atoms with Crippen molar-refractivity contribution in [3.05, 3.63) is 35.0 Å². The fraction of sp³-hybridized carbons (Fsp3) is 0.286. The minimum atomic E-state index is -0.815. The summed E-state index contributed by atoms with van der Waals surface area (Å²) in [6.07, 6.45) is 0. The summed E-state index contributed by atoms with van der Waals surface area (Å²) in [7, 11) is 0. The molecule has 2 aromatic rings. The number of aromatic nitrogens is 1. The molecule has 1 heterocycles. The van der Waals surface area contributed by atoms with Gasteiger partial charge in [-0.1, -0.05) is 12.1 Å². The second kappa shape index (κ2) is 4.64. The molecule has 0 aliphatic rings. The Morgan fingerprint density at radius 1 is 1.28 bits per heavy atom. The van der Waals surface area contributed by atoms with E-state index in [0.29, 0.717) is 5.69 Å². The number of aromatic amines is 1. The Morgan fingerprint density at radius 2 is 2.00 bits per heavy atom. The first-order valence-electron chi connectivity index (χ1n) is 5.85. The van der Waals surface area contributed by atoms with Gasteiger partial charge in [0.1, 0.15) is 0 Å². The van der Waals surface area contributed by atoms with Crippen molar-refractivity contribution in [1.82, 2.24) is 4.98 Å². The molecule has 1 aromatic heterocycles. The molecule has 0 bridgehead atoms. The van der Waals surface area contributed by atoms with Crippen LogP contribution in [0, 0.1) is 13.8 Å². The number of hydrogen-bond acceptors (Lipinski definition) is 3. The molecule has 4 nitrogen and oxygen atoms in total. The highest BCUT2D eigenvalue weighted by atomic mass is 16.5. The van der Waals surface area contributed by atoms with Crippen molar-refractivity contribution in [3.8, 4) is 0 Å². The van der Waals surface area contributed by atoms with Gasteiger partial charge >= 0.3 is 5.97 Å². The summed E-state index contributed by atoms with van der Waals surface area (Å²) < 4.78 is 4.73. The molecule has 2 rings (SSSR count). The van der Waals surface area contributed by atoms with E-state index >= 15 is 0 Å². The number of ketones is 1. The van der Waals surface area contributed by atoms with Crippen molar-refractivity contribution in [1.29, 1.82) is 0 Å². The topological polar surface area (TPSA) is 59.2 Å². The molecule has 0 aliphatic heterocycles. The first-order chi connectivity index (χ1) is 8.56. The first-order valence-corrected chi connectivity index (χ1v) is 5.85. The average molecular weight is 245 g/mol. The van der Waals surface area contributed by atoms with Crippen LogP contribution in [-0.4, -0.2) is 23.3 Å². The molecular formula is C14H15NO3. The predicted octanol–water partition coefficient (Wildman–Crippen LogP) is 2.53. The third kappa shape index (κ3) is 1.90. The molecule has 94 valence electrons. The first kappa shape index (κ1) is 12.4. The molecule has 0 unspecified atom stereocenters. The SMILES string of the molecule is CCOC(=O)C(=O)c1[nH]c2cccc(C)c2c1C. The molecule has 0 radical (unpaired) electrons. The number of benzene rings is 1. The Bertz CT molecular complexity index is 625. The van der Waals surface area contributed by atoms with E-state index in [9.17, 15) is 9.59 Å². The van der Waals surface area contributed by atoms with E-state index in [4.69, 9.17) is 4.74 Å². The Kier molecular flexibility index (Phi) is 3.19. The molecule has 0 amide bonds. The maximum absolute atomic E-state index is 11.9. The zero-order valence-corrected chi connectivity index (χ0v) is 10.7. The van der Waals surface area contributed by atoms with Gasteiger partial charge in [-0.25, -0.2) is 4.79 Å². The van der Waals surface area contributed by atoms with Crippen LogP contribution in [0.25, 0.3) is 10.9 Å². The van der Waals surface area contributed by atoms with E-state index in [2.05, 4.69) is 4.98 Å². The van der Waals surface area contributed by atoms with Gasteiger partial charge in [-0.15, -0.1) is 0 Å². The lowest BCUT2D eigenvalue weighted by Gasteiger charge is -2.00. The maximum Gasteiger partial charge on any atom is 0.381 e. The molecular weight excluding hydrogens is 230 g/mol. The van der Waals surface area contributed by atoms with E-state index in [1.165, 1.54) is 0 Å². The number of ether oxygens (including phenoxy) is 1. The zero-order chi connectivity index (χ0) is 13.3. The smallest absolute Gasteiger partial charge is 0.381 e. The van der Waals surface area contributed by atoms with Crippen LogP contribution in [0.3, 0.4) is 0 Å². The van der Waals surface area contributed by atoms with E-state index in [1.54, 1.807) is 6.92 Å². The number of Topliss-reactive ketones (excluding diaryl/α,β-unsaturated/α-hetero) is 1. The van der Waals surface area contributed by atoms with Crippen LogP contribution >= 0.6 is 0 Å². The lowest BCUT2D eigenvalue weighted by Crippen LogP contribution is -2.18.